The largest absolute Gasteiger partial charge is 0.0853 e. The van der Waals surface area contributed by atoms with E-state index in [2.05, 4.69) is 0 Å². The summed E-state index contributed by atoms with van der Waals surface area (Å²) in [6.07, 6.45) is 6.07. The first-order valence-corrected chi connectivity index (χ1v) is 11.1. The maximum Gasteiger partial charge on any atom is 0.0657 e. The topological polar surface area (TPSA) is 0 Å². The molecule has 112 valence electrons. The molecular weight excluding hydrogens is 275 g/mol. The average Bonchev–Trinajstić information content (AvgIpc) is 2.43. The summed E-state index contributed by atoms with van der Waals surface area (Å²) >= 11 is 0. The second-order valence-corrected chi connectivity index (χ2v) is 12.9. The number of fused-ring (bicyclic) bond motifs is 8. The summed E-state index contributed by atoms with van der Waals surface area (Å²) in [5.74, 6) is 16.1. The van der Waals surface area contributed by atoms with Gasteiger partial charge in [-0.15, -0.1) is 0 Å². The van der Waals surface area contributed by atoms with Gasteiger partial charge in [0.25, 0.3) is 0 Å². The van der Waals surface area contributed by atoms with E-state index in [1.54, 1.807) is 19.3 Å². The van der Waals surface area contributed by atoms with Crippen LogP contribution in [-0.2, 0) is 0 Å². The van der Waals surface area contributed by atoms with Gasteiger partial charge in [0, 0.05) is 0 Å². The van der Waals surface area contributed by atoms with Gasteiger partial charge in [0.15, 0.2) is 0 Å². The summed E-state index contributed by atoms with van der Waals surface area (Å²) in [5, 5.41) is 0. The van der Waals surface area contributed by atoms with E-state index in [1.165, 1.54) is 65.1 Å². The highest BCUT2D eigenvalue weighted by molar-refractivity contribution is 6.08. The van der Waals surface area contributed by atoms with Crippen LogP contribution in [0.3, 0.4) is 0 Å². The predicted molar refractivity (Wildman–Crippen MR) is 81.9 cm³/mol. The van der Waals surface area contributed by atoms with Gasteiger partial charge in [-0.25, -0.2) is 0 Å². The van der Waals surface area contributed by atoms with Crippen LogP contribution in [0.25, 0.3) is 0 Å². The third-order valence-corrected chi connectivity index (χ3v) is 15.7. The van der Waals surface area contributed by atoms with Crippen molar-refractivity contribution in [1.82, 2.24) is 0 Å². The fourth-order valence-corrected chi connectivity index (χ4v) is 17.6. The molecule has 18 atom stereocenters. The molecule has 0 nitrogen and oxygen atoms in total. The normalized spacial score (nSPS) is 107. The Kier molecular flexibility index (Phi) is 0.772. The lowest BCUT2D eigenvalue weighted by Crippen LogP contribution is -3.26. The van der Waals surface area contributed by atoms with Crippen LogP contribution in [0, 0.1) is 104 Å². The Labute approximate surface area is 137 Å². The second-order valence-electron chi connectivity index (χ2n) is 12.9. The molecule has 5 spiro atoms. The molecule has 17 unspecified atom stereocenters. The number of hydrogen-bond donors (Lipinski definition) is 0. The lowest BCUT2D eigenvalue weighted by molar-refractivity contribution is -0.828. The van der Waals surface area contributed by atoms with Gasteiger partial charge in [-0.05, 0) is 123 Å². The van der Waals surface area contributed by atoms with Gasteiger partial charge in [0.2, 0.25) is 0 Å². The molecule has 0 amide bonds. The first-order valence-electron chi connectivity index (χ1n) is 11.1. The van der Waals surface area contributed by atoms with Gasteiger partial charge >= 0.3 is 0 Å². The molecule has 12 saturated carbocycles. The van der Waals surface area contributed by atoms with Crippen molar-refractivity contribution in [3.05, 3.63) is 0 Å². The van der Waals surface area contributed by atoms with Crippen molar-refractivity contribution in [3.8, 4) is 0 Å². The molecule has 0 saturated heterocycles. The quantitative estimate of drug-likeness (QED) is 0.653. The molecule has 12 aliphatic rings. The molecule has 0 aromatic rings. The van der Waals surface area contributed by atoms with Crippen molar-refractivity contribution in [1.29, 1.82) is 0 Å². The minimum Gasteiger partial charge on any atom is -0.0853 e. The highest BCUT2D eigenvalue weighted by Crippen LogP contribution is 3.28. The SMILES string of the molecule is [B]C[C@@H]1C2CC3C4C5C6C7CC8CC9C%10C%11C%12C1C32C4%12C5%11C6%10C879. The highest BCUT2D eigenvalue weighted by atomic mass is 15.3. The van der Waals surface area contributed by atoms with E-state index in [0.29, 0.717) is 0 Å². The second kappa shape index (κ2) is 1.83. The lowest BCUT2D eigenvalue weighted by atomic mass is 8.75. The maximum atomic E-state index is 6.26. The van der Waals surface area contributed by atoms with E-state index >= 15 is 0 Å². The van der Waals surface area contributed by atoms with Gasteiger partial charge in [-0.2, -0.15) is 0 Å². The van der Waals surface area contributed by atoms with E-state index in [-0.39, 0.29) is 0 Å². The van der Waals surface area contributed by atoms with Crippen LogP contribution in [0.5, 0.6) is 0 Å². The monoisotopic (exact) mass is 296 g/mol. The van der Waals surface area contributed by atoms with E-state index in [4.69, 9.17) is 7.85 Å². The van der Waals surface area contributed by atoms with Crippen LogP contribution in [-0.4, -0.2) is 7.85 Å². The van der Waals surface area contributed by atoms with Crippen molar-refractivity contribution < 1.29 is 0 Å². The maximum absolute atomic E-state index is 6.26. The molecule has 0 heterocycles. The van der Waals surface area contributed by atoms with Crippen LogP contribution < -0.4 is 0 Å². The molecule has 12 aliphatic carbocycles. The Balaban J connectivity index is 1.17. The third-order valence-electron chi connectivity index (χ3n) is 15.7. The predicted octanol–water partition coefficient (Wildman–Crippen LogP) is 2.85. The molecule has 23 heavy (non-hydrogen) atoms. The van der Waals surface area contributed by atoms with Gasteiger partial charge in [-0.3, -0.25) is 0 Å². The summed E-state index contributed by atoms with van der Waals surface area (Å²) in [4.78, 5) is 0. The molecule has 0 aromatic carbocycles. The minimum atomic E-state index is 0.972. The van der Waals surface area contributed by atoms with Gasteiger partial charge in [-0.1, -0.05) is 6.32 Å². The van der Waals surface area contributed by atoms with Gasteiger partial charge < -0.3 is 0 Å². The standard InChI is InChI=1S/C22H21B/c23-4-6-7-3-10-14-16-12-8-1-5-2-9-13-17-15-11(6)19(7,10)21(14,15)22(16,17)20(12,13)18(5,8)9/h5-17H,1-4H2/t5?,6-,7?,8?,9?,10?,11?,12?,13?,14?,15?,16?,17?,18?,19?,20?,21?,22?/m1/s1. The fraction of sp³-hybridized carbons (Fsp3) is 1.00. The minimum absolute atomic E-state index is 0.972. The van der Waals surface area contributed by atoms with Crippen molar-refractivity contribution in [2.75, 3.05) is 0 Å². The van der Waals surface area contributed by atoms with E-state index in [0.717, 1.165) is 45.2 Å². The zero-order chi connectivity index (χ0) is 13.8. The van der Waals surface area contributed by atoms with Crippen LogP contribution in [0.2, 0.25) is 6.32 Å². The molecule has 0 N–H and O–H groups in total. The Morgan fingerprint density at radius 2 is 1.22 bits per heavy atom. The van der Waals surface area contributed by atoms with Crippen LogP contribution >= 0.6 is 0 Å². The Morgan fingerprint density at radius 3 is 1.91 bits per heavy atom. The van der Waals surface area contributed by atoms with Crippen molar-refractivity contribution in [2.24, 2.45) is 104 Å². The Hall–Kier alpha value is 0.0649. The smallest absolute Gasteiger partial charge is 0.0657 e. The summed E-state index contributed by atoms with van der Waals surface area (Å²) in [7, 11) is 6.26. The molecule has 0 bridgehead atoms. The Bertz CT molecular complexity index is 910. The molecule has 12 rings (SSSR count). The molecule has 2 radical (unpaired) electrons. The van der Waals surface area contributed by atoms with Crippen molar-refractivity contribution in [2.45, 2.75) is 25.6 Å². The lowest BCUT2D eigenvalue weighted by Gasteiger charge is -3.28. The van der Waals surface area contributed by atoms with Crippen LogP contribution in [0.4, 0.5) is 0 Å². The number of rotatable bonds is 1. The molecule has 12 fully saturated rings. The molecule has 0 aliphatic heterocycles. The molecule has 0 aromatic heterocycles. The van der Waals surface area contributed by atoms with E-state index in [9.17, 15) is 0 Å². The van der Waals surface area contributed by atoms with Crippen molar-refractivity contribution >= 4 is 7.85 Å². The summed E-state index contributed by atoms with van der Waals surface area (Å²) in [6.45, 7) is 0. The first-order chi connectivity index (χ1) is 11.4. The molecular formula is C22H21B. The van der Waals surface area contributed by atoms with Crippen molar-refractivity contribution in [3.63, 3.8) is 0 Å². The van der Waals surface area contributed by atoms with E-state index in [1.807, 2.05) is 0 Å². The average molecular weight is 296 g/mol. The molecule has 1 heteroatoms. The van der Waals surface area contributed by atoms with E-state index < -0.39 is 0 Å². The summed E-state index contributed by atoms with van der Waals surface area (Å²) in [5.41, 5.74) is 5.13. The zero-order valence-electron chi connectivity index (χ0n) is 13.4. The fourth-order valence-electron chi connectivity index (χ4n) is 17.6. The highest BCUT2D eigenvalue weighted by Gasteiger charge is 3.26. The third kappa shape index (κ3) is 0.338. The first kappa shape index (κ1) is 9.68. The summed E-state index contributed by atoms with van der Waals surface area (Å²) in [6, 6.07) is 0. The Morgan fingerprint density at radius 1 is 0.609 bits per heavy atom. The van der Waals surface area contributed by atoms with Crippen LogP contribution in [0.15, 0.2) is 0 Å². The summed E-state index contributed by atoms with van der Waals surface area (Å²) < 4.78 is 0. The van der Waals surface area contributed by atoms with Gasteiger partial charge in [0.1, 0.15) is 0 Å². The van der Waals surface area contributed by atoms with Gasteiger partial charge in [0.05, 0.1) is 7.85 Å². The number of hydrogen-bond acceptors (Lipinski definition) is 0. The zero-order valence-corrected chi connectivity index (χ0v) is 13.4. The van der Waals surface area contributed by atoms with Crippen LogP contribution in [0.1, 0.15) is 19.3 Å².